The van der Waals surface area contributed by atoms with Crippen molar-refractivity contribution in [2.75, 3.05) is 7.11 Å². The molecule has 1 unspecified atom stereocenters. The van der Waals surface area contributed by atoms with E-state index < -0.39 is 0 Å². The van der Waals surface area contributed by atoms with Gasteiger partial charge in [0.15, 0.2) is 0 Å². The Balaban J connectivity index is 2.33. The number of hydrogen-bond donors (Lipinski definition) is 0. The van der Waals surface area contributed by atoms with Crippen LogP contribution < -0.4 is 0 Å². The molecule has 2 nitrogen and oxygen atoms in total. The van der Waals surface area contributed by atoms with Gasteiger partial charge in [-0.05, 0) is 25.5 Å². The van der Waals surface area contributed by atoms with Crippen LogP contribution in [-0.4, -0.2) is 12.1 Å². The summed E-state index contributed by atoms with van der Waals surface area (Å²) in [7, 11) is 1.74. The van der Waals surface area contributed by atoms with Gasteiger partial charge >= 0.3 is 0 Å². The predicted molar refractivity (Wildman–Crippen MR) is 79.9 cm³/mol. The molecule has 0 aliphatic heterocycles. The number of ether oxygens (including phenoxy) is 1. The Morgan fingerprint density at radius 1 is 1.33 bits per heavy atom. The Hall–Kier alpha value is -0.710. The van der Waals surface area contributed by atoms with Gasteiger partial charge in [-0.25, -0.2) is 4.98 Å². The largest absolute Gasteiger partial charge is 0.371 e. The summed E-state index contributed by atoms with van der Waals surface area (Å²) >= 11 is 5.10. The van der Waals surface area contributed by atoms with E-state index in [1.54, 1.807) is 18.4 Å². The van der Waals surface area contributed by atoms with Gasteiger partial charge in [0.25, 0.3) is 0 Å². The molecule has 96 valence electrons. The van der Waals surface area contributed by atoms with Crippen molar-refractivity contribution in [1.82, 2.24) is 4.98 Å². The van der Waals surface area contributed by atoms with E-state index in [4.69, 9.17) is 9.72 Å². The first kappa shape index (κ1) is 13.7. The number of hydrogen-bond acceptors (Lipinski definition) is 3. The maximum absolute atomic E-state index is 5.58. The first-order valence-electron chi connectivity index (χ1n) is 5.86. The molecule has 0 amide bonds. The van der Waals surface area contributed by atoms with Crippen molar-refractivity contribution in [1.29, 1.82) is 0 Å². The molecule has 0 N–H and O–H groups in total. The average molecular weight is 326 g/mol. The summed E-state index contributed by atoms with van der Waals surface area (Å²) < 4.78 is 6.66. The number of aromatic nitrogens is 1. The monoisotopic (exact) mass is 325 g/mol. The van der Waals surface area contributed by atoms with Crippen molar-refractivity contribution >= 4 is 27.3 Å². The van der Waals surface area contributed by atoms with Crippen LogP contribution in [0.3, 0.4) is 0 Å². The molecule has 0 spiro atoms. The summed E-state index contributed by atoms with van der Waals surface area (Å²) in [6.07, 6.45) is 0.913. The van der Waals surface area contributed by atoms with E-state index >= 15 is 0 Å². The zero-order valence-corrected chi connectivity index (χ0v) is 13.1. The fourth-order valence-corrected chi connectivity index (χ4v) is 2.96. The molecule has 2 aromatic rings. The van der Waals surface area contributed by atoms with Crippen molar-refractivity contribution in [2.24, 2.45) is 0 Å². The summed E-state index contributed by atoms with van der Waals surface area (Å²) in [5.41, 5.74) is 1.87. The lowest BCUT2D eigenvalue weighted by Gasteiger charge is -2.23. The molecule has 1 atom stereocenters. The van der Waals surface area contributed by atoms with E-state index in [1.165, 1.54) is 0 Å². The number of halogens is 1. The highest BCUT2D eigenvalue weighted by Crippen LogP contribution is 2.33. The van der Waals surface area contributed by atoms with E-state index in [1.807, 2.05) is 12.1 Å². The van der Waals surface area contributed by atoms with E-state index in [0.29, 0.717) is 0 Å². The highest BCUT2D eigenvalue weighted by molar-refractivity contribution is 9.10. The number of thiazole rings is 1. The Labute approximate surface area is 120 Å². The molecule has 0 bridgehead atoms. The fraction of sp³-hybridized carbons (Fsp3) is 0.357. The van der Waals surface area contributed by atoms with Gasteiger partial charge in [-0.3, -0.25) is 0 Å². The Morgan fingerprint density at radius 3 is 2.56 bits per heavy atom. The van der Waals surface area contributed by atoms with Gasteiger partial charge in [0.05, 0.1) is 5.69 Å². The molecule has 18 heavy (non-hydrogen) atoms. The number of nitrogens with zero attached hydrogens (tertiary/aromatic N) is 1. The molecule has 2 rings (SSSR count). The topological polar surface area (TPSA) is 22.1 Å². The van der Waals surface area contributed by atoms with Crippen LogP contribution in [0.25, 0.3) is 11.3 Å². The minimum atomic E-state index is -0.279. The van der Waals surface area contributed by atoms with Crippen molar-refractivity contribution in [3.05, 3.63) is 39.1 Å². The zero-order valence-electron chi connectivity index (χ0n) is 10.7. The third-order valence-corrected chi connectivity index (χ3v) is 4.84. The zero-order chi connectivity index (χ0) is 13.2. The lowest BCUT2D eigenvalue weighted by atomic mass is 10.0. The molecule has 1 aromatic heterocycles. The van der Waals surface area contributed by atoms with Gasteiger partial charge in [0.2, 0.25) is 0 Å². The van der Waals surface area contributed by atoms with Crippen LogP contribution in [0.2, 0.25) is 0 Å². The SMILES string of the molecule is CCC(C)(OC)c1nc(-c2ccc(Br)cc2)cs1. The number of benzene rings is 1. The van der Waals surface area contributed by atoms with E-state index in [2.05, 4.69) is 47.3 Å². The van der Waals surface area contributed by atoms with Gasteiger partial charge in [0.1, 0.15) is 10.6 Å². The van der Waals surface area contributed by atoms with Gasteiger partial charge in [-0.1, -0.05) is 35.0 Å². The Bertz CT molecular complexity index is 517. The molecular weight excluding hydrogens is 310 g/mol. The normalized spacial score (nSPS) is 14.4. The van der Waals surface area contributed by atoms with Crippen molar-refractivity contribution < 1.29 is 4.74 Å². The second-order valence-electron chi connectivity index (χ2n) is 4.33. The highest BCUT2D eigenvalue weighted by Gasteiger charge is 2.27. The van der Waals surface area contributed by atoms with Crippen LogP contribution >= 0.6 is 27.3 Å². The molecular formula is C14H16BrNOS. The summed E-state index contributed by atoms with van der Waals surface area (Å²) in [6, 6.07) is 8.20. The van der Waals surface area contributed by atoms with E-state index in [-0.39, 0.29) is 5.60 Å². The van der Waals surface area contributed by atoms with Crippen LogP contribution in [0.15, 0.2) is 34.1 Å². The van der Waals surface area contributed by atoms with Crippen LogP contribution in [0.1, 0.15) is 25.3 Å². The van der Waals surface area contributed by atoms with Crippen molar-refractivity contribution in [3.8, 4) is 11.3 Å². The molecule has 4 heteroatoms. The van der Waals surface area contributed by atoms with Gasteiger partial charge < -0.3 is 4.74 Å². The van der Waals surface area contributed by atoms with E-state index in [9.17, 15) is 0 Å². The Morgan fingerprint density at radius 2 is 2.00 bits per heavy atom. The fourth-order valence-electron chi connectivity index (χ4n) is 1.65. The molecule has 0 aliphatic rings. The van der Waals surface area contributed by atoms with Crippen LogP contribution in [0, 0.1) is 0 Å². The second-order valence-corrected chi connectivity index (χ2v) is 6.11. The number of methoxy groups -OCH3 is 1. The molecule has 1 heterocycles. The highest BCUT2D eigenvalue weighted by atomic mass is 79.9. The molecule has 0 saturated carbocycles. The van der Waals surface area contributed by atoms with Crippen molar-refractivity contribution in [2.45, 2.75) is 25.9 Å². The summed E-state index contributed by atoms with van der Waals surface area (Å²) in [6.45, 7) is 4.20. The van der Waals surface area contributed by atoms with Crippen LogP contribution in [0.5, 0.6) is 0 Å². The standard InChI is InChI=1S/C14H16BrNOS/c1-4-14(2,17-3)13-16-12(9-18-13)10-5-7-11(15)8-6-10/h5-9H,4H2,1-3H3. The maximum atomic E-state index is 5.58. The molecule has 0 saturated heterocycles. The van der Waals surface area contributed by atoms with Crippen LogP contribution in [-0.2, 0) is 10.3 Å². The molecule has 0 fully saturated rings. The predicted octanol–water partition coefficient (Wildman–Crippen LogP) is 4.84. The smallest absolute Gasteiger partial charge is 0.125 e. The minimum Gasteiger partial charge on any atom is -0.371 e. The van der Waals surface area contributed by atoms with E-state index in [0.717, 1.165) is 27.2 Å². The summed E-state index contributed by atoms with van der Waals surface area (Å²) in [5, 5.41) is 3.12. The third kappa shape index (κ3) is 2.66. The number of rotatable bonds is 4. The first-order valence-corrected chi connectivity index (χ1v) is 7.53. The van der Waals surface area contributed by atoms with Gasteiger partial charge in [-0.15, -0.1) is 11.3 Å². The first-order chi connectivity index (χ1) is 8.59. The maximum Gasteiger partial charge on any atom is 0.125 e. The molecule has 1 aromatic carbocycles. The average Bonchev–Trinajstić information content (AvgIpc) is 2.89. The summed E-state index contributed by atoms with van der Waals surface area (Å²) in [4.78, 5) is 4.70. The quantitative estimate of drug-likeness (QED) is 0.802. The van der Waals surface area contributed by atoms with Gasteiger partial charge in [-0.2, -0.15) is 0 Å². The molecule has 0 radical (unpaired) electrons. The Kier molecular flexibility index (Phi) is 4.20. The lowest BCUT2D eigenvalue weighted by molar-refractivity contribution is -0.00149. The van der Waals surface area contributed by atoms with Crippen LogP contribution in [0.4, 0.5) is 0 Å². The third-order valence-electron chi connectivity index (χ3n) is 3.22. The van der Waals surface area contributed by atoms with Gasteiger partial charge in [0, 0.05) is 22.5 Å². The van der Waals surface area contributed by atoms with Crippen molar-refractivity contribution in [3.63, 3.8) is 0 Å². The minimum absolute atomic E-state index is 0.279. The molecule has 0 aliphatic carbocycles. The second kappa shape index (κ2) is 5.51. The summed E-state index contributed by atoms with van der Waals surface area (Å²) in [5.74, 6) is 0. The lowest BCUT2D eigenvalue weighted by Crippen LogP contribution is -2.22.